The van der Waals surface area contributed by atoms with E-state index < -0.39 is 5.97 Å². The summed E-state index contributed by atoms with van der Waals surface area (Å²) in [6.45, 7) is 1.61. The number of carboxylic acids is 1. The van der Waals surface area contributed by atoms with Crippen molar-refractivity contribution in [1.29, 1.82) is 0 Å². The molecule has 17 heavy (non-hydrogen) atoms. The van der Waals surface area contributed by atoms with E-state index in [1.54, 1.807) is 18.3 Å². The minimum absolute atomic E-state index is 0.247. The number of amides is 1. The van der Waals surface area contributed by atoms with E-state index >= 15 is 0 Å². The highest BCUT2D eigenvalue weighted by atomic mass is 16.4. The van der Waals surface area contributed by atoms with E-state index in [9.17, 15) is 9.59 Å². The topological polar surface area (TPSA) is 71.3 Å². The fourth-order valence-electron chi connectivity index (χ4n) is 1.40. The minimum Gasteiger partial charge on any atom is -0.480 e. The summed E-state index contributed by atoms with van der Waals surface area (Å²) in [6.07, 6.45) is 7.41. The number of hydrogen-bond donors (Lipinski definition) is 2. The van der Waals surface area contributed by atoms with Gasteiger partial charge in [0, 0.05) is 6.20 Å². The second kappa shape index (κ2) is 5.75. The third kappa shape index (κ3) is 3.38. The molecule has 1 rings (SSSR count). The predicted molar refractivity (Wildman–Crippen MR) is 62.4 cm³/mol. The molecule has 0 aromatic carbocycles. The van der Waals surface area contributed by atoms with E-state index in [1.165, 1.54) is 4.57 Å². The third-order valence-corrected chi connectivity index (χ3v) is 2.28. The van der Waals surface area contributed by atoms with Gasteiger partial charge in [0.25, 0.3) is 5.91 Å². The summed E-state index contributed by atoms with van der Waals surface area (Å²) in [5, 5.41) is 11.3. The maximum Gasteiger partial charge on any atom is 0.323 e. The monoisotopic (exact) mass is 234 g/mol. The van der Waals surface area contributed by atoms with Crippen LogP contribution in [0.25, 0.3) is 0 Å². The highest BCUT2D eigenvalue weighted by Gasteiger charge is 2.14. The Bertz CT molecular complexity index is 457. The first-order valence-electron chi connectivity index (χ1n) is 5.22. The molecule has 1 atom stereocenters. The molecule has 0 saturated carbocycles. The molecule has 0 aliphatic heterocycles. The molecule has 0 aliphatic carbocycles. The maximum atomic E-state index is 11.8. The van der Waals surface area contributed by atoms with Crippen molar-refractivity contribution >= 4 is 11.9 Å². The van der Waals surface area contributed by atoms with Gasteiger partial charge >= 0.3 is 5.97 Å². The number of carboxylic acid groups (broad SMARTS) is 1. The quantitative estimate of drug-likeness (QED) is 0.737. The zero-order valence-corrected chi connectivity index (χ0v) is 9.51. The van der Waals surface area contributed by atoms with Gasteiger partial charge in [0.05, 0.1) is 6.04 Å². The number of rotatable bonds is 5. The molecule has 1 unspecified atom stereocenters. The van der Waals surface area contributed by atoms with Crippen LogP contribution in [0.1, 0.15) is 23.8 Å². The van der Waals surface area contributed by atoms with Crippen molar-refractivity contribution < 1.29 is 14.7 Å². The molecule has 1 amide bonds. The lowest BCUT2D eigenvalue weighted by molar-refractivity contribution is -0.137. The van der Waals surface area contributed by atoms with E-state index in [2.05, 4.69) is 11.2 Å². The van der Waals surface area contributed by atoms with Crippen molar-refractivity contribution in [3.05, 3.63) is 24.0 Å². The van der Waals surface area contributed by atoms with Gasteiger partial charge in [0.15, 0.2) is 0 Å². The van der Waals surface area contributed by atoms with E-state index in [0.29, 0.717) is 12.1 Å². The lowest BCUT2D eigenvalue weighted by atomic mass is 10.2. The third-order valence-electron chi connectivity index (χ3n) is 2.28. The van der Waals surface area contributed by atoms with Crippen molar-refractivity contribution in [1.82, 2.24) is 9.88 Å². The highest BCUT2D eigenvalue weighted by Crippen LogP contribution is 2.03. The largest absolute Gasteiger partial charge is 0.480 e. The maximum absolute atomic E-state index is 11.8. The molecule has 0 spiro atoms. The Morgan fingerprint density at radius 3 is 2.88 bits per heavy atom. The van der Waals surface area contributed by atoms with Gasteiger partial charge in [-0.2, -0.15) is 0 Å². The lowest BCUT2D eigenvalue weighted by Gasteiger charge is -2.11. The number of nitrogens with zero attached hydrogens (tertiary/aromatic N) is 1. The van der Waals surface area contributed by atoms with Crippen LogP contribution in [-0.4, -0.2) is 27.6 Å². The van der Waals surface area contributed by atoms with Crippen molar-refractivity contribution in [3.8, 4) is 12.3 Å². The van der Waals surface area contributed by atoms with Gasteiger partial charge in [-0.15, -0.1) is 6.42 Å². The van der Waals surface area contributed by atoms with Crippen molar-refractivity contribution in [2.75, 3.05) is 0 Å². The number of carbonyl (C=O) groups excluding carboxylic acids is 1. The molecular formula is C12H14N2O3. The Kier molecular flexibility index (Phi) is 4.35. The van der Waals surface area contributed by atoms with E-state index in [1.807, 2.05) is 6.92 Å². The molecule has 0 fully saturated rings. The molecule has 0 radical (unpaired) electrons. The normalized spacial score (nSPS) is 11.5. The molecule has 0 saturated heterocycles. The Balaban J connectivity index is 2.79. The van der Waals surface area contributed by atoms with Gasteiger partial charge in [-0.25, -0.2) is 0 Å². The zero-order valence-electron chi connectivity index (χ0n) is 9.51. The second-order valence-electron chi connectivity index (χ2n) is 3.52. The Morgan fingerprint density at radius 1 is 1.65 bits per heavy atom. The van der Waals surface area contributed by atoms with Crippen LogP contribution in [0.3, 0.4) is 0 Å². The van der Waals surface area contributed by atoms with Crippen molar-refractivity contribution in [2.45, 2.75) is 25.9 Å². The average Bonchev–Trinajstić information content (AvgIpc) is 2.72. The Morgan fingerprint density at radius 2 is 2.35 bits per heavy atom. The molecule has 1 aromatic rings. The first-order chi connectivity index (χ1) is 8.08. The molecule has 1 aromatic heterocycles. The van der Waals surface area contributed by atoms with Crippen LogP contribution in [0, 0.1) is 12.3 Å². The molecule has 5 heteroatoms. The summed E-state index contributed by atoms with van der Waals surface area (Å²) >= 11 is 0. The fourth-order valence-corrected chi connectivity index (χ4v) is 1.40. The standard InChI is InChI=1S/C12H14N2O3/c1-3-9(4-2)13-12(17)10-6-5-7-14(10)8-11(15)16/h1,5-7,9H,4,8H2,2H3,(H,13,17)(H,15,16). The number of nitrogens with one attached hydrogen (secondary N) is 1. The number of hydrogen-bond acceptors (Lipinski definition) is 2. The van der Waals surface area contributed by atoms with Gasteiger partial charge in [-0.3, -0.25) is 9.59 Å². The number of aromatic nitrogens is 1. The number of aliphatic carboxylic acids is 1. The number of terminal acetylenes is 1. The Labute approximate surface area is 99.4 Å². The van der Waals surface area contributed by atoms with Crippen LogP contribution in [0.2, 0.25) is 0 Å². The average molecular weight is 234 g/mol. The molecule has 2 N–H and O–H groups in total. The summed E-state index contributed by atoms with van der Waals surface area (Å²) in [5.74, 6) is 1.09. The van der Waals surface area contributed by atoms with E-state index in [-0.39, 0.29) is 18.5 Å². The molecule has 90 valence electrons. The van der Waals surface area contributed by atoms with Gasteiger partial charge < -0.3 is 15.0 Å². The Hall–Kier alpha value is -2.22. The summed E-state index contributed by atoms with van der Waals surface area (Å²) in [7, 11) is 0. The van der Waals surface area contributed by atoms with Crippen LogP contribution < -0.4 is 5.32 Å². The summed E-state index contributed by atoms with van der Waals surface area (Å²) in [4.78, 5) is 22.4. The minimum atomic E-state index is -1.00. The molecule has 5 nitrogen and oxygen atoms in total. The SMILES string of the molecule is C#CC(CC)NC(=O)c1cccn1CC(=O)O. The van der Waals surface area contributed by atoms with Crippen LogP contribution in [-0.2, 0) is 11.3 Å². The van der Waals surface area contributed by atoms with Gasteiger partial charge in [0.1, 0.15) is 12.2 Å². The van der Waals surface area contributed by atoms with E-state index in [0.717, 1.165) is 0 Å². The van der Waals surface area contributed by atoms with Crippen LogP contribution in [0.5, 0.6) is 0 Å². The first-order valence-corrected chi connectivity index (χ1v) is 5.22. The first kappa shape index (κ1) is 12.8. The van der Waals surface area contributed by atoms with Crippen LogP contribution in [0.15, 0.2) is 18.3 Å². The van der Waals surface area contributed by atoms with Gasteiger partial charge in [0.2, 0.25) is 0 Å². The second-order valence-corrected chi connectivity index (χ2v) is 3.52. The zero-order chi connectivity index (χ0) is 12.8. The molecule has 0 bridgehead atoms. The fraction of sp³-hybridized carbons (Fsp3) is 0.333. The lowest BCUT2D eigenvalue weighted by Crippen LogP contribution is -2.34. The molecule has 1 heterocycles. The van der Waals surface area contributed by atoms with Crippen molar-refractivity contribution in [3.63, 3.8) is 0 Å². The van der Waals surface area contributed by atoms with Gasteiger partial charge in [-0.1, -0.05) is 12.8 Å². The van der Waals surface area contributed by atoms with Gasteiger partial charge in [-0.05, 0) is 18.6 Å². The smallest absolute Gasteiger partial charge is 0.323 e. The number of carbonyl (C=O) groups is 2. The van der Waals surface area contributed by atoms with E-state index in [4.69, 9.17) is 11.5 Å². The predicted octanol–water partition coefficient (Wildman–Crippen LogP) is 0.714. The molecular weight excluding hydrogens is 220 g/mol. The van der Waals surface area contributed by atoms with Crippen LogP contribution >= 0.6 is 0 Å². The van der Waals surface area contributed by atoms with Crippen LogP contribution in [0.4, 0.5) is 0 Å². The summed E-state index contributed by atoms with van der Waals surface area (Å²) in [6, 6.07) is 2.84. The summed E-state index contributed by atoms with van der Waals surface area (Å²) in [5.41, 5.74) is 0.293. The van der Waals surface area contributed by atoms with Crippen molar-refractivity contribution in [2.24, 2.45) is 0 Å². The highest BCUT2D eigenvalue weighted by molar-refractivity contribution is 5.93. The summed E-state index contributed by atoms with van der Waals surface area (Å²) < 4.78 is 1.36. The molecule has 0 aliphatic rings.